The molecular weight excluding hydrogens is 465 g/mol. The fraction of sp³-hybridized carbons (Fsp3) is 0.357. The van der Waals surface area contributed by atoms with Gasteiger partial charge in [-0.25, -0.2) is 0 Å². The van der Waals surface area contributed by atoms with E-state index in [1.165, 1.54) is 5.56 Å². The van der Waals surface area contributed by atoms with Gasteiger partial charge in [0.1, 0.15) is 0 Å². The van der Waals surface area contributed by atoms with Crippen LogP contribution in [0, 0.1) is 0 Å². The van der Waals surface area contributed by atoms with Crippen molar-refractivity contribution in [3.8, 4) is 0 Å². The van der Waals surface area contributed by atoms with E-state index in [-0.39, 0.29) is 11.8 Å². The third kappa shape index (κ3) is 6.38. The van der Waals surface area contributed by atoms with Crippen LogP contribution < -0.4 is 0 Å². The number of hydrogen-bond donors (Lipinski definition) is 0. The Hall–Kier alpha value is -2.40. The number of halogens is 2. The Labute approximate surface area is 212 Å². The minimum Gasteiger partial charge on any atom is -0.341 e. The lowest BCUT2D eigenvalue weighted by atomic mass is 9.89. The normalized spacial score (nSPS) is 15.7. The number of rotatable bonds is 8. The molecule has 178 valence electrons. The van der Waals surface area contributed by atoms with Gasteiger partial charge in [0.25, 0.3) is 5.91 Å². The number of hydrogen-bond acceptors (Lipinski definition) is 3. The van der Waals surface area contributed by atoms with E-state index in [0.29, 0.717) is 28.1 Å². The van der Waals surface area contributed by atoms with Gasteiger partial charge in [-0.1, -0.05) is 53.5 Å². The van der Waals surface area contributed by atoms with Crippen LogP contribution in [-0.2, 0) is 0 Å². The van der Waals surface area contributed by atoms with Crippen molar-refractivity contribution in [2.75, 3.05) is 33.2 Å². The summed E-state index contributed by atoms with van der Waals surface area (Å²) in [5, 5.41) is 1.11. The van der Waals surface area contributed by atoms with Crippen molar-refractivity contribution >= 4 is 29.1 Å². The molecule has 0 unspecified atom stereocenters. The molecule has 1 aromatic heterocycles. The summed E-state index contributed by atoms with van der Waals surface area (Å²) in [4.78, 5) is 21.6. The number of benzene rings is 2. The highest BCUT2D eigenvalue weighted by atomic mass is 35.5. The molecule has 34 heavy (non-hydrogen) atoms. The number of nitrogens with zero attached hydrogens (tertiary/aromatic N) is 3. The van der Waals surface area contributed by atoms with E-state index in [1.807, 2.05) is 78.9 Å². The molecule has 0 N–H and O–H groups in total. The number of amides is 1. The Morgan fingerprint density at radius 3 is 2.50 bits per heavy atom. The fourth-order valence-electron chi connectivity index (χ4n) is 4.79. The number of aromatic nitrogens is 1. The third-order valence-corrected chi connectivity index (χ3v) is 7.55. The van der Waals surface area contributed by atoms with Crippen LogP contribution in [0.4, 0.5) is 0 Å². The minimum atomic E-state index is 0.0305. The van der Waals surface area contributed by atoms with Crippen LogP contribution >= 0.6 is 23.2 Å². The molecule has 1 atom stereocenters. The maximum Gasteiger partial charge on any atom is 0.253 e. The molecule has 1 fully saturated rings. The van der Waals surface area contributed by atoms with E-state index in [4.69, 9.17) is 23.2 Å². The molecule has 6 heteroatoms. The van der Waals surface area contributed by atoms with Gasteiger partial charge in [0.05, 0.1) is 10.0 Å². The number of pyridine rings is 1. The highest BCUT2D eigenvalue weighted by Crippen LogP contribution is 2.31. The lowest BCUT2D eigenvalue weighted by Crippen LogP contribution is -2.36. The summed E-state index contributed by atoms with van der Waals surface area (Å²) in [5.74, 6) is 0.789. The largest absolute Gasteiger partial charge is 0.341 e. The second kappa shape index (κ2) is 11.8. The number of likely N-dealkylation sites (N-methyl/N-ethyl adjacent to an activating group) is 1. The van der Waals surface area contributed by atoms with E-state index in [9.17, 15) is 4.79 Å². The Morgan fingerprint density at radius 2 is 1.82 bits per heavy atom. The first-order valence-electron chi connectivity index (χ1n) is 11.9. The van der Waals surface area contributed by atoms with Gasteiger partial charge >= 0.3 is 0 Å². The lowest BCUT2D eigenvalue weighted by Gasteiger charge is -2.33. The van der Waals surface area contributed by atoms with Crippen LogP contribution in [0.1, 0.15) is 52.6 Å². The molecule has 1 saturated heterocycles. The third-order valence-electron chi connectivity index (χ3n) is 6.81. The number of piperidine rings is 1. The van der Waals surface area contributed by atoms with Gasteiger partial charge in [-0.3, -0.25) is 9.78 Å². The lowest BCUT2D eigenvalue weighted by molar-refractivity contribution is 0.0781. The minimum absolute atomic E-state index is 0.0305. The monoisotopic (exact) mass is 495 g/mol. The summed E-state index contributed by atoms with van der Waals surface area (Å²) in [6.07, 6.45) is 7.08. The van der Waals surface area contributed by atoms with Gasteiger partial charge in [0.2, 0.25) is 0 Å². The van der Waals surface area contributed by atoms with Crippen molar-refractivity contribution in [3.63, 3.8) is 0 Å². The van der Waals surface area contributed by atoms with Crippen LogP contribution in [0.2, 0.25) is 10.0 Å². The molecular formula is C28H31Cl2N3O. The van der Waals surface area contributed by atoms with Crippen molar-refractivity contribution < 1.29 is 4.79 Å². The Kier molecular flexibility index (Phi) is 8.60. The van der Waals surface area contributed by atoms with E-state index >= 15 is 0 Å². The molecule has 1 amide bonds. The summed E-state index contributed by atoms with van der Waals surface area (Å²) in [5.41, 5.74) is 3.17. The van der Waals surface area contributed by atoms with Gasteiger partial charge < -0.3 is 9.80 Å². The molecule has 0 radical (unpaired) electrons. The van der Waals surface area contributed by atoms with E-state index < -0.39 is 0 Å². The first kappa shape index (κ1) is 24.7. The van der Waals surface area contributed by atoms with Gasteiger partial charge in [0.15, 0.2) is 0 Å². The Morgan fingerprint density at radius 1 is 1.06 bits per heavy atom. The maximum atomic E-state index is 13.0. The van der Waals surface area contributed by atoms with Crippen LogP contribution in [-0.4, -0.2) is 53.9 Å². The van der Waals surface area contributed by atoms with Crippen LogP contribution in [0.5, 0.6) is 0 Å². The molecule has 0 saturated carbocycles. The zero-order valence-corrected chi connectivity index (χ0v) is 21.1. The van der Waals surface area contributed by atoms with Gasteiger partial charge in [-0.2, -0.15) is 0 Å². The summed E-state index contributed by atoms with van der Waals surface area (Å²) in [7, 11) is 1.87. The van der Waals surface area contributed by atoms with E-state index in [0.717, 1.165) is 44.5 Å². The standard InChI is InChI=1S/C28H31Cl2N3O/c1-32(28(34)22-6-3-2-4-7-22)20-25(23-9-10-26(29)27(30)18-23)13-17-33-15-11-21(12-16-33)24-8-5-14-31-19-24/h2-10,14,18-19,21,25H,11-13,15-17,20H2,1H3/t25-/m1/s1. The molecule has 2 aromatic carbocycles. The predicted molar refractivity (Wildman–Crippen MR) is 140 cm³/mol. The average Bonchev–Trinajstić information content (AvgIpc) is 2.89. The molecule has 3 aromatic rings. The van der Waals surface area contributed by atoms with Crippen molar-refractivity contribution in [1.29, 1.82) is 0 Å². The Balaban J connectivity index is 1.40. The predicted octanol–water partition coefficient (Wildman–Crippen LogP) is 6.51. The van der Waals surface area contributed by atoms with Gasteiger partial charge in [-0.15, -0.1) is 0 Å². The highest BCUT2D eigenvalue weighted by molar-refractivity contribution is 6.42. The second-order valence-electron chi connectivity index (χ2n) is 9.11. The van der Waals surface area contributed by atoms with E-state index in [1.54, 1.807) is 0 Å². The first-order valence-corrected chi connectivity index (χ1v) is 12.6. The quantitative estimate of drug-likeness (QED) is 0.357. The topological polar surface area (TPSA) is 36.4 Å². The molecule has 1 aliphatic rings. The smallest absolute Gasteiger partial charge is 0.253 e. The fourth-order valence-corrected chi connectivity index (χ4v) is 5.10. The molecule has 2 heterocycles. The van der Waals surface area contributed by atoms with Crippen LogP contribution in [0.25, 0.3) is 0 Å². The molecule has 0 spiro atoms. The zero-order valence-electron chi connectivity index (χ0n) is 19.5. The summed E-state index contributed by atoms with van der Waals surface area (Å²) < 4.78 is 0. The molecule has 4 rings (SSSR count). The van der Waals surface area contributed by atoms with Crippen LogP contribution in [0.15, 0.2) is 73.1 Å². The van der Waals surface area contributed by atoms with Gasteiger partial charge in [0, 0.05) is 37.5 Å². The zero-order chi connectivity index (χ0) is 23.9. The van der Waals surface area contributed by atoms with Crippen molar-refractivity contribution in [2.24, 2.45) is 0 Å². The molecule has 0 aliphatic carbocycles. The maximum absolute atomic E-state index is 13.0. The first-order chi connectivity index (χ1) is 16.5. The molecule has 0 bridgehead atoms. The van der Waals surface area contributed by atoms with Crippen molar-refractivity contribution in [2.45, 2.75) is 31.1 Å². The van der Waals surface area contributed by atoms with Crippen molar-refractivity contribution in [1.82, 2.24) is 14.8 Å². The number of likely N-dealkylation sites (tertiary alicyclic amines) is 1. The average molecular weight is 496 g/mol. The van der Waals surface area contributed by atoms with Crippen LogP contribution in [0.3, 0.4) is 0 Å². The highest BCUT2D eigenvalue weighted by Gasteiger charge is 2.24. The SMILES string of the molecule is CN(C[C@@H](CCN1CCC(c2cccnc2)CC1)c1ccc(Cl)c(Cl)c1)C(=O)c1ccccc1. The van der Waals surface area contributed by atoms with Gasteiger partial charge in [-0.05, 0) is 86.3 Å². The number of carbonyl (C=O) groups excluding carboxylic acids is 1. The molecule has 4 nitrogen and oxygen atoms in total. The summed E-state index contributed by atoms with van der Waals surface area (Å²) in [6, 6.07) is 19.5. The van der Waals surface area contributed by atoms with E-state index in [2.05, 4.69) is 16.0 Å². The Bertz CT molecular complexity index is 1070. The molecule has 1 aliphatic heterocycles. The summed E-state index contributed by atoms with van der Waals surface area (Å²) in [6.45, 7) is 3.76. The number of carbonyl (C=O) groups is 1. The summed E-state index contributed by atoms with van der Waals surface area (Å²) >= 11 is 12.5. The second-order valence-corrected chi connectivity index (χ2v) is 9.93. The van der Waals surface area contributed by atoms with Crippen molar-refractivity contribution in [3.05, 3.63) is 99.8 Å².